The summed E-state index contributed by atoms with van der Waals surface area (Å²) in [5, 5.41) is 2.78. The van der Waals surface area contributed by atoms with E-state index < -0.39 is 12.5 Å². The molecule has 1 N–H and O–H groups in total. The Balaban J connectivity index is 2.76. The molecule has 1 rings (SSSR count). The van der Waals surface area contributed by atoms with E-state index in [1.807, 2.05) is 26.8 Å². The van der Waals surface area contributed by atoms with Gasteiger partial charge in [0, 0.05) is 5.69 Å². The zero-order valence-electron chi connectivity index (χ0n) is 10.6. The SMILES string of the molecule is Cc1cc(OC(C)C)ccc1NC(C)C(F)F. The smallest absolute Gasteiger partial charge is 0.258 e. The van der Waals surface area contributed by atoms with Gasteiger partial charge in [-0.3, -0.25) is 0 Å². The predicted molar refractivity (Wildman–Crippen MR) is 66.0 cm³/mol. The van der Waals surface area contributed by atoms with Crippen molar-refractivity contribution in [1.29, 1.82) is 0 Å². The minimum Gasteiger partial charge on any atom is -0.491 e. The number of anilines is 1. The molecule has 0 radical (unpaired) electrons. The van der Waals surface area contributed by atoms with E-state index in [0.29, 0.717) is 5.69 Å². The van der Waals surface area contributed by atoms with Crippen LogP contribution >= 0.6 is 0 Å². The van der Waals surface area contributed by atoms with E-state index in [1.165, 1.54) is 6.92 Å². The standard InChI is InChI=1S/C13H19F2NO/c1-8(2)17-11-5-6-12(9(3)7-11)16-10(4)13(14)15/h5-8,10,13,16H,1-4H3. The second-order valence-electron chi connectivity index (χ2n) is 4.41. The molecule has 0 saturated heterocycles. The third-order valence-corrected chi connectivity index (χ3v) is 2.33. The Labute approximate surface area is 101 Å². The lowest BCUT2D eigenvalue weighted by Gasteiger charge is -2.17. The molecule has 4 heteroatoms. The minimum absolute atomic E-state index is 0.105. The van der Waals surface area contributed by atoms with Gasteiger partial charge in [-0.05, 0) is 51.5 Å². The van der Waals surface area contributed by atoms with Crippen LogP contribution in [0, 0.1) is 6.92 Å². The first kappa shape index (κ1) is 13.7. The topological polar surface area (TPSA) is 21.3 Å². The monoisotopic (exact) mass is 243 g/mol. The van der Waals surface area contributed by atoms with Crippen LogP contribution in [0.25, 0.3) is 0 Å². The third-order valence-electron chi connectivity index (χ3n) is 2.33. The van der Waals surface area contributed by atoms with Gasteiger partial charge in [-0.25, -0.2) is 8.78 Å². The van der Waals surface area contributed by atoms with Crippen LogP contribution < -0.4 is 10.1 Å². The average molecular weight is 243 g/mol. The van der Waals surface area contributed by atoms with Gasteiger partial charge in [-0.15, -0.1) is 0 Å². The van der Waals surface area contributed by atoms with Crippen LogP contribution in [-0.4, -0.2) is 18.6 Å². The van der Waals surface area contributed by atoms with Gasteiger partial charge in [0.2, 0.25) is 0 Å². The van der Waals surface area contributed by atoms with Gasteiger partial charge in [0.25, 0.3) is 6.43 Å². The van der Waals surface area contributed by atoms with Gasteiger partial charge >= 0.3 is 0 Å². The van der Waals surface area contributed by atoms with Crippen LogP contribution in [0.3, 0.4) is 0 Å². The van der Waals surface area contributed by atoms with E-state index in [2.05, 4.69) is 5.32 Å². The molecule has 96 valence electrons. The number of nitrogens with one attached hydrogen (secondary N) is 1. The van der Waals surface area contributed by atoms with Gasteiger partial charge in [-0.2, -0.15) is 0 Å². The summed E-state index contributed by atoms with van der Waals surface area (Å²) >= 11 is 0. The zero-order valence-corrected chi connectivity index (χ0v) is 10.6. The fourth-order valence-electron chi connectivity index (χ4n) is 1.45. The van der Waals surface area contributed by atoms with E-state index in [4.69, 9.17) is 4.74 Å². The van der Waals surface area contributed by atoms with Gasteiger partial charge < -0.3 is 10.1 Å². The second-order valence-corrected chi connectivity index (χ2v) is 4.41. The van der Waals surface area contributed by atoms with Crippen molar-refractivity contribution in [3.8, 4) is 5.75 Å². The predicted octanol–water partition coefficient (Wildman–Crippen LogP) is 3.85. The summed E-state index contributed by atoms with van der Waals surface area (Å²) < 4.78 is 30.3. The highest BCUT2D eigenvalue weighted by molar-refractivity contribution is 5.54. The normalized spacial score (nSPS) is 12.9. The number of alkyl halides is 2. The number of hydrogen-bond donors (Lipinski definition) is 1. The van der Waals surface area contributed by atoms with Crippen LogP contribution in [0.5, 0.6) is 5.75 Å². The Kier molecular flexibility index (Phi) is 4.73. The zero-order chi connectivity index (χ0) is 13.0. The Bertz CT molecular complexity index is 366. The Morgan fingerprint density at radius 3 is 2.29 bits per heavy atom. The summed E-state index contributed by atoms with van der Waals surface area (Å²) in [5.74, 6) is 0.757. The number of aryl methyl sites for hydroxylation is 1. The highest BCUT2D eigenvalue weighted by atomic mass is 19.3. The van der Waals surface area contributed by atoms with Crippen molar-refractivity contribution in [2.75, 3.05) is 5.32 Å². The summed E-state index contributed by atoms with van der Waals surface area (Å²) in [5.41, 5.74) is 1.62. The molecule has 0 heterocycles. The van der Waals surface area contributed by atoms with E-state index in [-0.39, 0.29) is 6.10 Å². The van der Waals surface area contributed by atoms with E-state index in [9.17, 15) is 8.78 Å². The molecular weight excluding hydrogens is 224 g/mol. The number of ether oxygens (including phenoxy) is 1. The van der Waals surface area contributed by atoms with Crippen LogP contribution in [0.4, 0.5) is 14.5 Å². The van der Waals surface area contributed by atoms with Crippen molar-refractivity contribution >= 4 is 5.69 Å². The van der Waals surface area contributed by atoms with Gasteiger partial charge in [0.1, 0.15) is 5.75 Å². The molecule has 0 spiro atoms. The molecule has 0 amide bonds. The maximum Gasteiger partial charge on any atom is 0.258 e. The molecule has 0 aliphatic heterocycles. The van der Waals surface area contributed by atoms with Crippen molar-refractivity contribution in [3.63, 3.8) is 0 Å². The number of rotatable bonds is 5. The average Bonchev–Trinajstić information content (AvgIpc) is 2.20. The molecule has 0 fully saturated rings. The number of benzene rings is 1. The molecule has 1 aromatic carbocycles. The summed E-state index contributed by atoms with van der Waals surface area (Å²) in [4.78, 5) is 0. The first-order chi connectivity index (χ1) is 7.90. The number of hydrogen-bond acceptors (Lipinski definition) is 2. The Morgan fingerprint density at radius 2 is 1.82 bits per heavy atom. The molecule has 0 aliphatic carbocycles. The fraction of sp³-hybridized carbons (Fsp3) is 0.538. The summed E-state index contributed by atoms with van der Waals surface area (Å²) in [6.07, 6.45) is -2.27. The van der Waals surface area contributed by atoms with Crippen molar-refractivity contribution < 1.29 is 13.5 Å². The quantitative estimate of drug-likeness (QED) is 0.848. The van der Waals surface area contributed by atoms with E-state index in [1.54, 1.807) is 12.1 Å². The van der Waals surface area contributed by atoms with Gasteiger partial charge in [0.15, 0.2) is 0 Å². The lowest BCUT2D eigenvalue weighted by Crippen LogP contribution is -2.24. The van der Waals surface area contributed by atoms with E-state index >= 15 is 0 Å². The lowest BCUT2D eigenvalue weighted by molar-refractivity contribution is 0.130. The van der Waals surface area contributed by atoms with E-state index in [0.717, 1.165) is 11.3 Å². The van der Waals surface area contributed by atoms with Crippen molar-refractivity contribution in [2.45, 2.75) is 46.3 Å². The molecule has 17 heavy (non-hydrogen) atoms. The molecular formula is C13H19F2NO. The summed E-state index contributed by atoms with van der Waals surface area (Å²) in [7, 11) is 0. The molecule has 0 aliphatic rings. The summed E-state index contributed by atoms with van der Waals surface area (Å²) in [6, 6.07) is 4.55. The Hall–Kier alpha value is -1.32. The van der Waals surface area contributed by atoms with Gasteiger partial charge in [0.05, 0.1) is 12.1 Å². The second kappa shape index (κ2) is 5.84. The summed E-state index contributed by atoms with van der Waals surface area (Å²) in [6.45, 7) is 7.22. The Morgan fingerprint density at radius 1 is 1.18 bits per heavy atom. The van der Waals surface area contributed by atoms with Crippen LogP contribution in [0.1, 0.15) is 26.3 Å². The molecule has 0 bridgehead atoms. The van der Waals surface area contributed by atoms with Crippen LogP contribution in [0.15, 0.2) is 18.2 Å². The molecule has 0 saturated carbocycles. The largest absolute Gasteiger partial charge is 0.491 e. The number of halogens is 2. The first-order valence-electron chi connectivity index (χ1n) is 5.72. The molecule has 0 aromatic heterocycles. The molecule has 1 atom stereocenters. The van der Waals surface area contributed by atoms with Crippen LogP contribution in [-0.2, 0) is 0 Å². The maximum atomic E-state index is 12.4. The van der Waals surface area contributed by atoms with Crippen molar-refractivity contribution in [1.82, 2.24) is 0 Å². The first-order valence-corrected chi connectivity index (χ1v) is 5.72. The minimum atomic E-state index is -2.37. The third kappa shape index (κ3) is 4.21. The van der Waals surface area contributed by atoms with Crippen molar-refractivity contribution in [3.05, 3.63) is 23.8 Å². The van der Waals surface area contributed by atoms with Gasteiger partial charge in [-0.1, -0.05) is 0 Å². The van der Waals surface area contributed by atoms with Crippen molar-refractivity contribution in [2.24, 2.45) is 0 Å². The maximum absolute atomic E-state index is 12.4. The molecule has 2 nitrogen and oxygen atoms in total. The molecule has 1 aromatic rings. The lowest BCUT2D eigenvalue weighted by atomic mass is 10.1. The highest BCUT2D eigenvalue weighted by Gasteiger charge is 2.14. The fourth-order valence-corrected chi connectivity index (χ4v) is 1.45. The molecule has 1 unspecified atom stereocenters. The van der Waals surface area contributed by atoms with Crippen LogP contribution in [0.2, 0.25) is 0 Å². The highest BCUT2D eigenvalue weighted by Crippen LogP contribution is 2.23.